The van der Waals surface area contributed by atoms with Crippen molar-refractivity contribution in [2.24, 2.45) is 0 Å². The topological polar surface area (TPSA) is 62.4 Å². The highest BCUT2D eigenvalue weighted by Gasteiger charge is 2.19. The minimum absolute atomic E-state index is 0.643. The highest BCUT2D eigenvalue weighted by Crippen LogP contribution is 2.41. The largest absolute Gasteiger partial charge is 0.309 e. The minimum atomic E-state index is 0.643. The zero-order valence-electron chi connectivity index (χ0n) is 32.8. The predicted octanol–water partition coefficient (Wildman–Crippen LogP) is 14.1. The fourth-order valence-electron chi connectivity index (χ4n) is 9.49. The lowest BCUT2D eigenvalue weighted by Gasteiger charge is -2.09. The summed E-state index contributed by atoms with van der Waals surface area (Å²) in [5.41, 5.74) is 15.6. The molecule has 0 atom stereocenters. The van der Waals surface area contributed by atoms with Crippen LogP contribution in [-0.2, 0) is 0 Å². The lowest BCUT2D eigenvalue weighted by molar-refractivity contribution is 1.18. The van der Waals surface area contributed by atoms with Crippen molar-refractivity contribution in [3.8, 4) is 51.5 Å². The van der Waals surface area contributed by atoms with Gasteiger partial charge < -0.3 is 13.7 Å². The second-order valence-corrected chi connectivity index (χ2v) is 15.6. The molecule has 0 radical (unpaired) electrons. The van der Waals surface area contributed by atoms with Gasteiger partial charge in [-0.2, -0.15) is 10.5 Å². The number of hydrogen-bond acceptors (Lipinski definition) is 2. The summed E-state index contributed by atoms with van der Waals surface area (Å²) in [6.45, 7) is 0. The maximum absolute atomic E-state index is 9.87. The first kappa shape index (κ1) is 34.4. The van der Waals surface area contributed by atoms with Crippen LogP contribution < -0.4 is 0 Å². The third-order valence-electron chi connectivity index (χ3n) is 12.3. The van der Waals surface area contributed by atoms with Crippen molar-refractivity contribution >= 4 is 65.4 Å². The van der Waals surface area contributed by atoms with Gasteiger partial charge in [0.25, 0.3) is 0 Å². The summed E-state index contributed by atoms with van der Waals surface area (Å²) in [6.07, 6.45) is 0. The lowest BCUT2D eigenvalue weighted by atomic mass is 9.98. The Morgan fingerprint density at radius 2 is 0.508 bits per heavy atom. The molecule has 0 aliphatic heterocycles. The van der Waals surface area contributed by atoms with E-state index < -0.39 is 0 Å². The molecule has 12 aromatic rings. The number of aromatic nitrogens is 3. The summed E-state index contributed by atoms with van der Waals surface area (Å²) in [5.74, 6) is 0. The molecule has 12 rings (SSSR count). The summed E-state index contributed by atoms with van der Waals surface area (Å²) in [6, 6.07) is 75.1. The van der Waals surface area contributed by atoms with Gasteiger partial charge in [0.15, 0.2) is 0 Å². The van der Waals surface area contributed by atoms with Gasteiger partial charge in [0, 0.05) is 49.4 Å². The van der Waals surface area contributed by atoms with Gasteiger partial charge in [0.2, 0.25) is 0 Å². The molecule has 0 spiro atoms. The standard InChI is InChI=1S/C56H33N5/c57-34-36-16-22-51-45(28-36)47-30-38(18-24-53(47)59(51)42-10-4-1-5-11-42)40-20-26-55-49(32-40)50-33-41(21-27-56(50)61(55)44-14-8-3-9-15-44)39-19-25-54-48(31-39)46-29-37(35-58)17-23-52(46)60(54)43-12-6-2-7-13-43/h1-33H. The van der Waals surface area contributed by atoms with Gasteiger partial charge in [-0.15, -0.1) is 0 Å². The van der Waals surface area contributed by atoms with Gasteiger partial charge in [-0.3, -0.25) is 0 Å². The summed E-state index contributed by atoms with van der Waals surface area (Å²) >= 11 is 0. The van der Waals surface area contributed by atoms with E-state index in [1.54, 1.807) is 0 Å². The summed E-state index contributed by atoms with van der Waals surface area (Å²) in [4.78, 5) is 0. The van der Waals surface area contributed by atoms with Crippen LogP contribution in [0, 0.1) is 22.7 Å². The Bertz CT molecular complexity index is 3590. The normalized spacial score (nSPS) is 11.6. The smallest absolute Gasteiger partial charge is 0.0991 e. The van der Waals surface area contributed by atoms with Gasteiger partial charge >= 0.3 is 0 Å². The number of nitriles is 2. The quantitative estimate of drug-likeness (QED) is 0.175. The second-order valence-electron chi connectivity index (χ2n) is 15.6. The van der Waals surface area contributed by atoms with Crippen LogP contribution >= 0.6 is 0 Å². The third-order valence-corrected chi connectivity index (χ3v) is 12.3. The predicted molar refractivity (Wildman–Crippen MR) is 250 cm³/mol. The Balaban J connectivity index is 1.06. The van der Waals surface area contributed by atoms with Crippen LogP contribution in [0.1, 0.15) is 11.1 Å². The van der Waals surface area contributed by atoms with Crippen LogP contribution in [0.5, 0.6) is 0 Å². The van der Waals surface area contributed by atoms with E-state index in [9.17, 15) is 10.5 Å². The molecule has 0 aliphatic carbocycles. The fraction of sp³-hybridized carbons (Fsp3) is 0. The Morgan fingerprint density at radius 3 is 0.770 bits per heavy atom. The first-order chi connectivity index (χ1) is 30.1. The van der Waals surface area contributed by atoms with Crippen molar-refractivity contribution in [1.82, 2.24) is 13.7 Å². The van der Waals surface area contributed by atoms with E-state index in [1.807, 2.05) is 36.4 Å². The highest BCUT2D eigenvalue weighted by atomic mass is 15.0. The molecule has 0 amide bonds. The Kier molecular flexibility index (Phi) is 7.59. The molecule has 3 aromatic heterocycles. The molecule has 0 saturated carbocycles. The zero-order chi connectivity index (χ0) is 40.6. The van der Waals surface area contributed by atoms with Gasteiger partial charge in [0.1, 0.15) is 0 Å². The second kappa shape index (κ2) is 13.5. The van der Waals surface area contributed by atoms with Crippen molar-refractivity contribution in [3.05, 3.63) is 211 Å². The molecule has 0 aliphatic rings. The van der Waals surface area contributed by atoms with Crippen LogP contribution in [0.25, 0.3) is 105 Å². The number of rotatable bonds is 5. The molecule has 61 heavy (non-hydrogen) atoms. The molecule has 0 N–H and O–H groups in total. The SMILES string of the molecule is N#Cc1ccc2c(c1)c1cc(-c3ccc4c(c3)c3cc(-c5ccc6c(c5)c5cc(C#N)ccc5n6-c5ccccc5)ccc3n4-c3ccccc3)ccc1n2-c1ccccc1. The van der Waals surface area contributed by atoms with Gasteiger partial charge in [-0.25, -0.2) is 0 Å². The molecule has 5 heteroatoms. The van der Waals surface area contributed by atoms with Gasteiger partial charge in [-0.05, 0) is 144 Å². The Labute approximate surface area is 351 Å². The van der Waals surface area contributed by atoms with E-state index in [0.717, 1.165) is 105 Å². The average molecular weight is 776 g/mol. The van der Waals surface area contributed by atoms with E-state index in [2.05, 4.69) is 190 Å². The van der Waals surface area contributed by atoms with E-state index in [0.29, 0.717) is 11.1 Å². The molecular formula is C56H33N5. The maximum Gasteiger partial charge on any atom is 0.0991 e. The Hall–Kier alpha value is -8.64. The fourth-order valence-corrected chi connectivity index (χ4v) is 9.49. The molecule has 0 unspecified atom stereocenters. The Morgan fingerprint density at radius 1 is 0.262 bits per heavy atom. The van der Waals surface area contributed by atoms with Crippen molar-refractivity contribution in [2.45, 2.75) is 0 Å². The lowest BCUT2D eigenvalue weighted by Crippen LogP contribution is -1.93. The van der Waals surface area contributed by atoms with Crippen LogP contribution in [-0.4, -0.2) is 13.7 Å². The summed E-state index contributed by atoms with van der Waals surface area (Å²) < 4.78 is 6.93. The number of nitrogens with zero attached hydrogens (tertiary/aromatic N) is 5. The van der Waals surface area contributed by atoms with E-state index >= 15 is 0 Å². The number of fused-ring (bicyclic) bond motifs is 9. The summed E-state index contributed by atoms with van der Waals surface area (Å²) in [7, 11) is 0. The number of para-hydroxylation sites is 3. The molecular weight excluding hydrogens is 743 g/mol. The average Bonchev–Trinajstić information content (AvgIpc) is 3.96. The first-order valence-corrected chi connectivity index (χ1v) is 20.4. The zero-order valence-corrected chi connectivity index (χ0v) is 32.8. The molecule has 9 aromatic carbocycles. The maximum atomic E-state index is 9.87. The van der Waals surface area contributed by atoms with E-state index in [4.69, 9.17) is 0 Å². The molecule has 0 saturated heterocycles. The number of benzene rings is 9. The van der Waals surface area contributed by atoms with Crippen molar-refractivity contribution in [1.29, 1.82) is 10.5 Å². The summed E-state index contributed by atoms with van der Waals surface area (Å²) in [5, 5.41) is 26.4. The van der Waals surface area contributed by atoms with Crippen LogP contribution in [0.3, 0.4) is 0 Å². The van der Waals surface area contributed by atoms with Gasteiger partial charge in [0.05, 0.1) is 56.4 Å². The molecule has 5 nitrogen and oxygen atoms in total. The molecule has 282 valence electrons. The minimum Gasteiger partial charge on any atom is -0.309 e. The van der Waals surface area contributed by atoms with Crippen LogP contribution in [0.15, 0.2) is 200 Å². The van der Waals surface area contributed by atoms with Crippen LogP contribution in [0.4, 0.5) is 0 Å². The van der Waals surface area contributed by atoms with E-state index in [-0.39, 0.29) is 0 Å². The number of hydrogen-bond donors (Lipinski definition) is 0. The van der Waals surface area contributed by atoms with Crippen molar-refractivity contribution in [2.75, 3.05) is 0 Å². The van der Waals surface area contributed by atoms with Crippen molar-refractivity contribution in [3.63, 3.8) is 0 Å². The highest BCUT2D eigenvalue weighted by molar-refractivity contribution is 6.15. The molecule has 0 fully saturated rings. The molecule has 0 bridgehead atoms. The van der Waals surface area contributed by atoms with Crippen LogP contribution in [0.2, 0.25) is 0 Å². The van der Waals surface area contributed by atoms with Crippen molar-refractivity contribution < 1.29 is 0 Å². The molecule has 3 heterocycles. The van der Waals surface area contributed by atoms with E-state index in [1.165, 1.54) is 0 Å². The van der Waals surface area contributed by atoms with Gasteiger partial charge in [-0.1, -0.05) is 78.9 Å². The first-order valence-electron chi connectivity index (χ1n) is 20.4. The monoisotopic (exact) mass is 775 g/mol. The third kappa shape index (κ3) is 5.32.